The van der Waals surface area contributed by atoms with Crippen molar-refractivity contribution in [2.24, 2.45) is 5.16 Å². The van der Waals surface area contributed by atoms with Gasteiger partial charge in [-0.15, -0.1) is 23.1 Å². The Balaban J connectivity index is 1.74. The summed E-state index contributed by atoms with van der Waals surface area (Å²) in [6.07, 6.45) is 1.74. The van der Waals surface area contributed by atoms with Gasteiger partial charge in [0.25, 0.3) is 18.1 Å². The maximum atomic E-state index is 12.6. The lowest BCUT2D eigenvalue weighted by molar-refractivity contribution is -0.144. The second-order valence-corrected chi connectivity index (χ2v) is 7.88. The van der Waals surface area contributed by atoms with Crippen LogP contribution in [-0.4, -0.2) is 70.6 Å². The molecule has 3 rings (SSSR count). The zero-order valence-electron chi connectivity index (χ0n) is 15.3. The summed E-state index contributed by atoms with van der Waals surface area (Å²) in [4.78, 5) is 57.5. The van der Waals surface area contributed by atoms with Crippen molar-refractivity contribution >= 4 is 58.0 Å². The molecule has 0 saturated carbocycles. The van der Waals surface area contributed by atoms with Gasteiger partial charge in [-0.3, -0.25) is 24.1 Å². The maximum absolute atomic E-state index is 12.6. The van der Waals surface area contributed by atoms with E-state index in [4.69, 9.17) is 15.3 Å². The number of carbonyl (C=O) groups excluding carboxylic acids is 4. The monoisotopic (exact) mass is 438 g/mol. The number of hydrogen-bond donors (Lipinski definition) is 2. The molecule has 3 N–H and O–H groups in total. The molecule has 0 bridgehead atoms. The van der Waals surface area contributed by atoms with Crippen molar-refractivity contribution in [3.05, 3.63) is 22.3 Å². The molecule has 3 heterocycles. The Morgan fingerprint density at radius 3 is 2.86 bits per heavy atom. The molecule has 0 aromatic carbocycles. The molecule has 1 saturated heterocycles. The normalized spacial score (nSPS) is 21.2. The summed E-state index contributed by atoms with van der Waals surface area (Å²) in [5.41, 5.74) is 6.20. The number of thioether (sulfide) groups is 1. The quantitative estimate of drug-likeness (QED) is 0.246. The number of aromatic nitrogens is 1. The fraction of sp³-hybridized carbons (Fsp3) is 0.375. The Kier molecular flexibility index (Phi) is 6.17. The Morgan fingerprint density at radius 1 is 1.52 bits per heavy atom. The molecule has 2 amide bonds. The van der Waals surface area contributed by atoms with Gasteiger partial charge >= 0.3 is 5.97 Å². The molecule has 2 aliphatic heterocycles. The number of nitrogens with one attached hydrogen (secondary N) is 1. The van der Waals surface area contributed by atoms with Gasteiger partial charge in [0, 0.05) is 23.6 Å². The number of oxime groups is 1. The molecule has 29 heavy (non-hydrogen) atoms. The highest BCUT2D eigenvalue weighted by Crippen LogP contribution is 2.39. The van der Waals surface area contributed by atoms with Crippen molar-refractivity contribution in [1.82, 2.24) is 15.2 Å². The standard InChI is InChI=1S/C16H16N5O6S2/c1-7(23)27-4-8-5-28-15-12(14(25)21(15)10(8)3-22)19-13(24)11(20-26-2)9-6-29-16(17)18-9/h6,12,15H,4-5H2,1-2H3,(H2,17,18)(H,19,24)/b20-11-/t12?,15-/m1/s1. The first-order chi connectivity index (χ1) is 13.9. The van der Waals surface area contributed by atoms with Crippen molar-refractivity contribution in [3.8, 4) is 0 Å². The fourth-order valence-corrected chi connectivity index (χ4v) is 4.63. The molecule has 2 atom stereocenters. The van der Waals surface area contributed by atoms with E-state index in [1.54, 1.807) is 11.7 Å². The first kappa shape index (κ1) is 20.8. The van der Waals surface area contributed by atoms with E-state index in [0.717, 1.165) is 11.3 Å². The van der Waals surface area contributed by atoms with Crippen LogP contribution in [-0.2, 0) is 28.8 Å². The second kappa shape index (κ2) is 8.61. The molecule has 2 aliphatic rings. The van der Waals surface area contributed by atoms with Crippen LogP contribution in [0.5, 0.6) is 0 Å². The van der Waals surface area contributed by atoms with Crippen molar-refractivity contribution in [2.45, 2.75) is 18.3 Å². The van der Waals surface area contributed by atoms with Crippen LogP contribution in [0.4, 0.5) is 5.13 Å². The number of nitrogen functional groups attached to an aromatic ring is 1. The summed E-state index contributed by atoms with van der Waals surface area (Å²) >= 11 is 2.46. The van der Waals surface area contributed by atoms with E-state index in [0.29, 0.717) is 11.3 Å². The number of carbonyl (C=O) groups is 3. The van der Waals surface area contributed by atoms with Crippen LogP contribution in [0.1, 0.15) is 12.6 Å². The van der Waals surface area contributed by atoms with Gasteiger partial charge in [0.15, 0.2) is 10.8 Å². The van der Waals surface area contributed by atoms with E-state index < -0.39 is 29.2 Å². The smallest absolute Gasteiger partial charge is 0.302 e. The molecule has 0 spiro atoms. The Hall–Kier alpha value is -2.93. The molecular weight excluding hydrogens is 422 g/mol. The Bertz CT molecular complexity index is 927. The molecule has 1 aromatic rings. The third-order valence-corrected chi connectivity index (χ3v) is 6.06. The summed E-state index contributed by atoms with van der Waals surface area (Å²) < 4.78 is 4.91. The van der Waals surface area contributed by atoms with Crippen LogP contribution in [0.15, 0.2) is 21.8 Å². The van der Waals surface area contributed by atoms with Gasteiger partial charge in [-0.25, -0.2) is 4.98 Å². The van der Waals surface area contributed by atoms with Gasteiger partial charge < -0.3 is 20.6 Å². The number of hydrogen-bond acceptors (Lipinski definition) is 11. The van der Waals surface area contributed by atoms with E-state index in [1.807, 2.05) is 0 Å². The number of ether oxygens (including phenoxy) is 1. The van der Waals surface area contributed by atoms with Gasteiger partial charge in [-0.2, -0.15) is 0 Å². The molecule has 1 aromatic heterocycles. The molecule has 13 heteroatoms. The summed E-state index contributed by atoms with van der Waals surface area (Å²) in [5, 5.41) is 7.57. The SMILES string of the molecule is CO/N=C(\C(=O)NC1C(=O)N2C([C]=O)=C(COC(C)=O)CS[C@H]12)c1csc(N)n1. The zero-order valence-corrected chi connectivity index (χ0v) is 17.0. The second-order valence-electron chi connectivity index (χ2n) is 5.89. The highest BCUT2D eigenvalue weighted by molar-refractivity contribution is 8.00. The van der Waals surface area contributed by atoms with Crippen LogP contribution >= 0.6 is 23.1 Å². The van der Waals surface area contributed by atoms with Gasteiger partial charge in [0.05, 0.1) is 0 Å². The van der Waals surface area contributed by atoms with Gasteiger partial charge in [-0.1, -0.05) is 5.16 Å². The Labute approximate surface area is 173 Å². The summed E-state index contributed by atoms with van der Waals surface area (Å²) in [5.74, 6) is -1.30. The number of amides is 2. The number of β-lactam (4-membered cyclic amide) rings is 1. The zero-order chi connectivity index (χ0) is 21.1. The predicted octanol–water partition coefficient (Wildman–Crippen LogP) is -0.597. The topological polar surface area (TPSA) is 153 Å². The number of anilines is 1. The number of thiazole rings is 1. The number of nitrogens with two attached hydrogens (primary N) is 1. The lowest BCUT2D eigenvalue weighted by atomic mass is 10.0. The number of nitrogens with zero attached hydrogens (tertiary/aromatic N) is 3. The highest BCUT2D eigenvalue weighted by atomic mass is 32.2. The van der Waals surface area contributed by atoms with Crippen LogP contribution in [0.2, 0.25) is 0 Å². The molecular formula is C16H16N5O6S2. The van der Waals surface area contributed by atoms with Crippen molar-refractivity contribution in [1.29, 1.82) is 0 Å². The molecule has 1 unspecified atom stereocenters. The van der Waals surface area contributed by atoms with E-state index in [1.165, 1.54) is 30.7 Å². The third kappa shape index (κ3) is 4.10. The number of rotatable bonds is 7. The molecule has 1 radical (unpaired) electrons. The van der Waals surface area contributed by atoms with Gasteiger partial charge in [0.1, 0.15) is 36.5 Å². The van der Waals surface area contributed by atoms with Crippen LogP contribution in [0, 0.1) is 0 Å². The highest BCUT2D eigenvalue weighted by Gasteiger charge is 2.53. The predicted molar refractivity (Wildman–Crippen MR) is 104 cm³/mol. The van der Waals surface area contributed by atoms with E-state index >= 15 is 0 Å². The maximum Gasteiger partial charge on any atom is 0.302 e. The van der Waals surface area contributed by atoms with Crippen LogP contribution in [0.3, 0.4) is 0 Å². The first-order valence-electron chi connectivity index (χ1n) is 8.19. The first-order valence-corrected chi connectivity index (χ1v) is 10.1. The lowest BCUT2D eigenvalue weighted by Crippen LogP contribution is -2.70. The van der Waals surface area contributed by atoms with Gasteiger partial charge in [0.2, 0.25) is 0 Å². The summed E-state index contributed by atoms with van der Waals surface area (Å²) in [7, 11) is 1.28. The third-order valence-electron chi connectivity index (χ3n) is 4.04. The molecule has 11 nitrogen and oxygen atoms in total. The lowest BCUT2D eigenvalue weighted by Gasteiger charge is -2.49. The van der Waals surface area contributed by atoms with E-state index in [-0.39, 0.29) is 28.8 Å². The minimum absolute atomic E-state index is 0.0311. The number of esters is 1. The van der Waals surface area contributed by atoms with Gasteiger partial charge in [-0.05, 0) is 0 Å². The average Bonchev–Trinajstić information content (AvgIpc) is 3.13. The molecule has 153 valence electrons. The minimum atomic E-state index is -0.871. The van der Waals surface area contributed by atoms with Crippen LogP contribution < -0.4 is 11.1 Å². The number of allylic oxidation sites excluding steroid dienone is 1. The van der Waals surface area contributed by atoms with Crippen molar-refractivity contribution in [2.75, 3.05) is 25.2 Å². The minimum Gasteiger partial charge on any atom is -0.461 e. The summed E-state index contributed by atoms with van der Waals surface area (Å²) in [6, 6.07) is -0.871. The Morgan fingerprint density at radius 2 is 2.28 bits per heavy atom. The largest absolute Gasteiger partial charge is 0.461 e. The fourth-order valence-electron chi connectivity index (χ4n) is 2.75. The van der Waals surface area contributed by atoms with Crippen LogP contribution in [0.25, 0.3) is 0 Å². The average molecular weight is 438 g/mol. The van der Waals surface area contributed by atoms with E-state index in [9.17, 15) is 19.2 Å². The molecule has 1 fully saturated rings. The van der Waals surface area contributed by atoms with Crippen molar-refractivity contribution in [3.63, 3.8) is 0 Å². The molecule has 0 aliphatic carbocycles. The number of fused-ring (bicyclic) bond motifs is 1. The van der Waals surface area contributed by atoms with Crippen molar-refractivity contribution < 1.29 is 28.8 Å². The summed E-state index contributed by atoms with van der Waals surface area (Å²) in [6.45, 7) is 1.15. The van der Waals surface area contributed by atoms with E-state index in [2.05, 4.69) is 15.5 Å².